The van der Waals surface area contributed by atoms with Crippen LogP contribution in [0.4, 0.5) is 9.52 Å². The maximum atomic E-state index is 13.9. The SMILES string of the molecule is CNc1nc(F)c(CN2CC(Oc3ccnc4ccoc34)CC2C)s1. The van der Waals surface area contributed by atoms with Crippen molar-refractivity contribution in [2.45, 2.75) is 32.0 Å². The van der Waals surface area contributed by atoms with Gasteiger partial charge in [-0.15, -0.1) is 0 Å². The van der Waals surface area contributed by atoms with Crippen LogP contribution in [0, 0.1) is 5.95 Å². The maximum Gasteiger partial charge on any atom is 0.230 e. The molecule has 3 aromatic rings. The second-order valence-electron chi connectivity index (χ2n) is 6.18. The van der Waals surface area contributed by atoms with Crippen LogP contribution in [-0.2, 0) is 6.54 Å². The van der Waals surface area contributed by atoms with E-state index in [0.717, 1.165) is 18.5 Å². The summed E-state index contributed by atoms with van der Waals surface area (Å²) in [5.41, 5.74) is 1.45. The molecule has 0 amide bonds. The van der Waals surface area contributed by atoms with Gasteiger partial charge in [-0.05, 0) is 6.92 Å². The number of hydrogen-bond donors (Lipinski definition) is 1. The molecule has 0 saturated carbocycles. The van der Waals surface area contributed by atoms with Crippen molar-refractivity contribution in [1.29, 1.82) is 0 Å². The van der Waals surface area contributed by atoms with Crippen molar-refractivity contribution in [2.24, 2.45) is 0 Å². The maximum absolute atomic E-state index is 13.9. The van der Waals surface area contributed by atoms with Gasteiger partial charge in [-0.3, -0.25) is 9.88 Å². The molecule has 2 unspecified atom stereocenters. The third-order valence-electron chi connectivity index (χ3n) is 4.48. The van der Waals surface area contributed by atoms with Crippen LogP contribution in [0.25, 0.3) is 11.1 Å². The van der Waals surface area contributed by atoms with Crippen LogP contribution in [-0.4, -0.2) is 40.6 Å². The summed E-state index contributed by atoms with van der Waals surface area (Å²) in [5, 5.41) is 3.49. The summed E-state index contributed by atoms with van der Waals surface area (Å²) >= 11 is 1.35. The van der Waals surface area contributed by atoms with Crippen molar-refractivity contribution >= 4 is 27.6 Å². The number of aromatic nitrogens is 2. The van der Waals surface area contributed by atoms with E-state index in [0.29, 0.717) is 33.9 Å². The lowest BCUT2D eigenvalue weighted by Crippen LogP contribution is -2.28. The van der Waals surface area contributed by atoms with Gasteiger partial charge in [-0.2, -0.15) is 9.37 Å². The molecule has 1 N–H and O–H groups in total. The first kappa shape index (κ1) is 16.3. The fourth-order valence-corrected chi connectivity index (χ4v) is 4.02. The minimum absolute atomic E-state index is 0.0328. The molecular formula is C17H19FN4O2S. The van der Waals surface area contributed by atoms with E-state index in [1.165, 1.54) is 11.3 Å². The molecular weight excluding hydrogens is 343 g/mol. The fraction of sp³-hybridized carbons (Fsp3) is 0.412. The smallest absolute Gasteiger partial charge is 0.230 e. The Morgan fingerprint density at radius 3 is 3.16 bits per heavy atom. The molecule has 1 saturated heterocycles. The van der Waals surface area contributed by atoms with Gasteiger partial charge in [0.25, 0.3) is 0 Å². The Hall–Kier alpha value is -2.19. The summed E-state index contributed by atoms with van der Waals surface area (Å²) in [7, 11) is 1.74. The van der Waals surface area contributed by atoms with E-state index in [1.807, 2.05) is 12.1 Å². The Labute approximate surface area is 148 Å². The highest BCUT2D eigenvalue weighted by Crippen LogP contribution is 2.31. The lowest BCUT2D eigenvalue weighted by molar-refractivity contribution is 0.194. The van der Waals surface area contributed by atoms with Crippen LogP contribution in [0.5, 0.6) is 5.75 Å². The highest BCUT2D eigenvalue weighted by atomic mass is 32.1. The monoisotopic (exact) mass is 362 g/mol. The van der Waals surface area contributed by atoms with Crippen LogP contribution >= 0.6 is 11.3 Å². The molecule has 25 heavy (non-hydrogen) atoms. The molecule has 0 spiro atoms. The number of nitrogens with one attached hydrogen (secondary N) is 1. The van der Waals surface area contributed by atoms with Gasteiger partial charge in [0.15, 0.2) is 16.5 Å². The minimum atomic E-state index is -0.391. The number of halogens is 1. The van der Waals surface area contributed by atoms with Gasteiger partial charge in [0.05, 0.1) is 11.1 Å². The van der Waals surface area contributed by atoms with E-state index in [1.54, 1.807) is 19.5 Å². The van der Waals surface area contributed by atoms with Crippen molar-refractivity contribution in [3.63, 3.8) is 0 Å². The molecule has 0 aliphatic carbocycles. The Bertz CT molecular complexity index is 881. The molecule has 2 atom stereocenters. The summed E-state index contributed by atoms with van der Waals surface area (Å²) in [5.74, 6) is 0.313. The highest BCUT2D eigenvalue weighted by Gasteiger charge is 2.32. The summed E-state index contributed by atoms with van der Waals surface area (Å²) in [6.07, 6.45) is 4.24. The number of furan rings is 1. The molecule has 132 valence electrons. The summed E-state index contributed by atoms with van der Waals surface area (Å²) in [4.78, 5) is 11.0. The normalized spacial score (nSPS) is 21.1. The van der Waals surface area contributed by atoms with E-state index in [2.05, 4.69) is 27.1 Å². The number of pyridine rings is 1. The number of thiazole rings is 1. The molecule has 1 fully saturated rings. The Morgan fingerprint density at radius 1 is 1.48 bits per heavy atom. The first-order valence-corrected chi connectivity index (χ1v) is 9.01. The van der Waals surface area contributed by atoms with Crippen LogP contribution in [0.1, 0.15) is 18.2 Å². The Balaban J connectivity index is 1.46. The standard InChI is InChI=1S/C17H19FN4O2S/c1-10-7-11(24-13-3-5-20-12-4-6-23-15(12)13)8-22(10)9-14-16(18)21-17(19-2)25-14/h3-6,10-11H,7-9H2,1-2H3,(H,19,21). The second-order valence-corrected chi connectivity index (χ2v) is 7.26. The molecule has 8 heteroatoms. The van der Waals surface area contributed by atoms with Crippen LogP contribution in [0.15, 0.2) is 29.0 Å². The van der Waals surface area contributed by atoms with Crippen molar-refractivity contribution < 1.29 is 13.5 Å². The number of anilines is 1. The molecule has 4 rings (SSSR count). The van der Waals surface area contributed by atoms with Gasteiger partial charge in [0, 0.05) is 50.9 Å². The van der Waals surface area contributed by atoms with E-state index in [9.17, 15) is 4.39 Å². The van der Waals surface area contributed by atoms with Gasteiger partial charge in [-0.25, -0.2) is 0 Å². The molecule has 0 aromatic carbocycles. The lowest BCUT2D eigenvalue weighted by Gasteiger charge is -2.19. The van der Waals surface area contributed by atoms with E-state index < -0.39 is 5.95 Å². The largest absolute Gasteiger partial charge is 0.485 e. The average Bonchev–Trinajstić information content (AvgIpc) is 3.29. The van der Waals surface area contributed by atoms with E-state index in [-0.39, 0.29) is 6.10 Å². The highest BCUT2D eigenvalue weighted by molar-refractivity contribution is 7.15. The van der Waals surface area contributed by atoms with Crippen molar-refractivity contribution in [1.82, 2.24) is 14.9 Å². The van der Waals surface area contributed by atoms with Gasteiger partial charge >= 0.3 is 0 Å². The van der Waals surface area contributed by atoms with Crippen molar-refractivity contribution in [2.75, 3.05) is 18.9 Å². The minimum Gasteiger partial charge on any atom is -0.485 e. The average molecular weight is 362 g/mol. The molecule has 3 aromatic heterocycles. The topological polar surface area (TPSA) is 63.4 Å². The molecule has 0 bridgehead atoms. The molecule has 4 heterocycles. The zero-order valence-electron chi connectivity index (χ0n) is 14.0. The Morgan fingerprint density at radius 2 is 2.36 bits per heavy atom. The molecule has 6 nitrogen and oxygen atoms in total. The van der Waals surface area contributed by atoms with E-state index in [4.69, 9.17) is 9.15 Å². The fourth-order valence-electron chi connectivity index (χ4n) is 3.20. The number of rotatable bonds is 5. The van der Waals surface area contributed by atoms with Gasteiger partial charge < -0.3 is 14.5 Å². The molecule has 1 aliphatic rings. The van der Waals surface area contributed by atoms with Gasteiger partial charge in [0.1, 0.15) is 11.6 Å². The predicted octanol–water partition coefficient (Wildman–Crippen LogP) is 3.51. The predicted molar refractivity (Wildman–Crippen MR) is 94.5 cm³/mol. The van der Waals surface area contributed by atoms with E-state index >= 15 is 0 Å². The number of nitrogens with zero attached hydrogens (tertiary/aromatic N) is 3. The van der Waals surface area contributed by atoms with Crippen molar-refractivity contribution in [3.8, 4) is 5.75 Å². The Kier molecular flexibility index (Phi) is 4.30. The van der Waals surface area contributed by atoms with Crippen LogP contribution in [0.3, 0.4) is 0 Å². The van der Waals surface area contributed by atoms with Crippen LogP contribution in [0.2, 0.25) is 0 Å². The summed E-state index contributed by atoms with van der Waals surface area (Å²) in [6.45, 7) is 3.41. The number of likely N-dealkylation sites (tertiary alicyclic amines) is 1. The van der Waals surface area contributed by atoms with Gasteiger partial charge in [0.2, 0.25) is 5.95 Å². The third kappa shape index (κ3) is 3.19. The number of ether oxygens (including phenoxy) is 1. The van der Waals surface area contributed by atoms with Crippen molar-refractivity contribution in [3.05, 3.63) is 35.4 Å². The van der Waals surface area contributed by atoms with Crippen LogP contribution < -0.4 is 10.1 Å². The molecule has 1 aliphatic heterocycles. The number of fused-ring (bicyclic) bond motifs is 1. The quantitative estimate of drug-likeness (QED) is 0.749. The molecule has 0 radical (unpaired) electrons. The summed E-state index contributed by atoms with van der Waals surface area (Å²) < 4.78 is 25.6. The zero-order valence-corrected chi connectivity index (χ0v) is 14.8. The first-order chi connectivity index (χ1) is 12.1. The van der Waals surface area contributed by atoms with Gasteiger partial charge in [-0.1, -0.05) is 11.3 Å². The zero-order chi connectivity index (χ0) is 17.4. The number of hydrogen-bond acceptors (Lipinski definition) is 7. The lowest BCUT2D eigenvalue weighted by atomic mass is 10.2. The summed E-state index contributed by atoms with van der Waals surface area (Å²) in [6, 6.07) is 3.94. The second kappa shape index (κ2) is 6.61. The third-order valence-corrected chi connectivity index (χ3v) is 5.51. The first-order valence-electron chi connectivity index (χ1n) is 8.20.